The molecule has 0 aliphatic rings. The first-order valence-corrected chi connectivity index (χ1v) is 12.2. The molecule has 0 radical (unpaired) electrons. The van der Waals surface area contributed by atoms with Crippen molar-refractivity contribution in [2.75, 3.05) is 0 Å². The molecule has 0 bridgehead atoms. The molecule has 0 aliphatic heterocycles. The first-order valence-electron chi connectivity index (χ1n) is 12.2. The Balaban J connectivity index is 1.52. The lowest BCUT2D eigenvalue weighted by Crippen LogP contribution is -2.36. The summed E-state index contributed by atoms with van der Waals surface area (Å²) in [6, 6.07) is 44.9. The molecule has 6 aromatic carbocycles. The van der Waals surface area contributed by atoms with Crippen LogP contribution in [0.1, 0.15) is 29.5 Å². The van der Waals surface area contributed by atoms with Crippen LogP contribution in [-0.2, 0) is 6.42 Å². The molecule has 0 saturated heterocycles. The van der Waals surface area contributed by atoms with Crippen LogP contribution in [0.3, 0.4) is 0 Å². The second kappa shape index (κ2) is 8.69. The standard InChI is InChI=1S/C34H28O/c1-34(35,23-24-17-18-25-9-2-4-12-28(25)21-24)33(30-20-19-26-10-3-5-13-29(26)22-30)32-16-8-14-27-11-6-7-15-31(27)32/h2-22,33,35H,23H2,1H3. The minimum Gasteiger partial charge on any atom is -0.389 e. The van der Waals surface area contributed by atoms with Crippen molar-refractivity contribution in [3.05, 3.63) is 144 Å². The number of hydrogen-bond acceptors (Lipinski definition) is 1. The lowest BCUT2D eigenvalue weighted by Gasteiger charge is -2.35. The van der Waals surface area contributed by atoms with E-state index in [-0.39, 0.29) is 5.92 Å². The maximum absolute atomic E-state index is 12.2. The average Bonchev–Trinajstić information content (AvgIpc) is 2.88. The van der Waals surface area contributed by atoms with E-state index < -0.39 is 5.60 Å². The maximum Gasteiger partial charge on any atom is 0.0768 e. The van der Waals surface area contributed by atoms with Gasteiger partial charge < -0.3 is 5.11 Å². The zero-order valence-electron chi connectivity index (χ0n) is 19.9. The van der Waals surface area contributed by atoms with Crippen LogP contribution < -0.4 is 0 Å². The summed E-state index contributed by atoms with van der Waals surface area (Å²) < 4.78 is 0. The van der Waals surface area contributed by atoms with Gasteiger partial charge in [0.05, 0.1) is 5.60 Å². The van der Waals surface area contributed by atoms with Crippen molar-refractivity contribution >= 4 is 32.3 Å². The number of benzene rings is 6. The van der Waals surface area contributed by atoms with Gasteiger partial charge in [-0.25, -0.2) is 0 Å². The van der Waals surface area contributed by atoms with Gasteiger partial charge in [0.2, 0.25) is 0 Å². The van der Waals surface area contributed by atoms with Gasteiger partial charge in [0.25, 0.3) is 0 Å². The molecule has 0 aromatic heterocycles. The first-order chi connectivity index (χ1) is 17.1. The van der Waals surface area contributed by atoms with E-state index in [4.69, 9.17) is 0 Å². The Morgan fingerprint density at radius 1 is 0.571 bits per heavy atom. The number of aliphatic hydroxyl groups is 1. The van der Waals surface area contributed by atoms with Crippen LogP contribution in [0.15, 0.2) is 127 Å². The Bertz CT molecular complexity index is 1660. The van der Waals surface area contributed by atoms with E-state index in [1.807, 2.05) is 6.92 Å². The quantitative estimate of drug-likeness (QED) is 0.279. The van der Waals surface area contributed by atoms with E-state index in [2.05, 4.69) is 127 Å². The predicted molar refractivity (Wildman–Crippen MR) is 148 cm³/mol. The van der Waals surface area contributed by atoms with E-state index in [0.29, 0.717) is 6.42 Å². The van der Waals surface area contributed by atoms with Gasteiger partial charge in [-0.2, -0.15) is 0 Å². The van der Waals surface area contributed by atoms with E-state index in [1.165, 1.54) is 32.3 Å². The average molecular weight is 453 g/mol. The molecular formula is C34H28O. The molecule has 0 amide bonds. The molecule has 6 rings (SSSR count). The van der Waals surface area contributed by atoms with Crippen LogP contribution >= 0.6 is 0 Å². The second-order valence-electron chi connectivity index (χ2n) is 9.82. The van der Waals surface area contributed by atoms with Gasteiger partial charge in [0.15, 0.2) is 0 Å². The van der Waals surface area contributed by atoms with Crippen molar-refractivity contribution in [3.8, 4) is 0 Å². The Labute approximate surface area is 206 Å². The van der Waals surface area contributed by atoms with Crippen LogP contribution in [0.5, 0.6) is 0 Å². The molecule has 0 spiro atoms. The third-order valence-electron chi connectivity index (χ3n) is 7.24. The number of rotatable bonds is 5. The van der Waals surface area contributed by atoms with E-state index in [1.54, 1.807) is 0 Å². The molecule has 35 heavy (non-hydrogen) atoms. The van der Waals surface area contributed by atoms with Gasteiger partial charge in [-0.05, 0) is 55.9 Å². The Morgan fingerprint density at radius 3 is 1.89 bits per heavy atom. The molecule has 0 saturated carbocycles. The zero-order chi connectivity index (χ0) is 23.8. The molecular weight excluding hydrogens is 424 g/mol. The first kappa shape index (κ1) is 21.6. The van der Waals surface area contributed by atoms with Gasteiger partial charge in [-0.3, -0.25) is 0 Å². The SMILES string of the molecule is CC(O)(Cc1ccc2ccccc2c1)C(c1ccc2ccccc2c1)c1cccc2ccccc12. The van der Waals surface area contributed by atoms with E-state index in [9.17, 15) is 5.11 Å². The van der Waals surface area contributed by atoms with Crippen molar-refractivity contribution in [2.45, 2.75) is 24.9 Å². The summed E-state index contributed by atoms with van der Waals surface area (Å²) in [4.78, 5) is 0. The van der Waals surface area contributed by atoms with Gasteiger partial charge in [0, 0.05) is 12.3 Å². The fourth-order valence-corrected chi connectivity index (χ4v) is 5.63. The number of fused-ring (bicyclic) bond motifs is 3. The van der Waals surface area contributed by atoms with Crippen LogP contribution in [0, 0.1) is 0 Å². The van der Waals surface area contributed by atoms with Gasteiger partial charge >= 0.3 is 0 Å². The zero-order valence-corrected chi connectivity index (χ0v) is 19.9. The normalized spacial score (nSPS) is 14.2. The summed E-state index contributed by atoms with van der Waals surface area (Å²) in [5.41, 5.74) is 2.42. The van der Waals surface area contributed by atoms with Crippen LogP contribution in [0.2, 0.25) is 0 Å². The highest BCUT2D eigenvalue weighted by molar-refractivity contribution is 5.88. The van der Waals surface area contributed by atoms with Crippen molar-refractivity contribution in [1.82, 2.24) is 0 Å². The summed E-state index contributed by atoms with van der Waals surface area (Å²) in [6.45, 7) is 1.99. The molecule has 1 heteroatoms. The summed E-state index contributed by atoms with van der Waals surface area (Å²) in [5, 5.41) is 19.4. The summed E-state index contributed by atoms with van der Waals surface area (Å²) in [6.07, 6.45) is 0.554. The minimum atomic E-state index is -1.00. The van der Waals surface area contributed by atoms with Crippen LogP contribution in [0.4, 0.5) is 0 Å². The molecule has 1 nitrogen and oxygen atoms in total. The van der Waals surface area contributed by atoms with Crippen molar-refractivity contribution in [2.24, 2.45) is 0 Å². The summed E-state index contributed by atoms with van der Waals surface area (Å²) in [7, 11) is 0. The Kier molecular flexibility index (Phi) is 5.36. The number of hydrogen-bond donors (Lipinski definition) is 1. The molecule has 1 N–H and O–H groups in total. The summed E-state index contributed by atoms with van der Waals surface area (Å²) >= 11 is 0. The van der Waals surface area contributed by atoms with Gasteiger partial charge in [0.1, 0.15) is 0 Å². The molecule has 2 atom stereocenters. The van der Waals surface area contributed by atoms with E-state index >= 15 is 0 Å². The second-order valence-corrected chi connectivity index (χ2v) is 9.82. The predicted octanol–water partition coefficient (Wildman–Crippen LogP) is 8.27. The summed E-state index contributed by atoms with van der Waals surface area (Å²) in [5.74, 6) is -0.190. The monoisotopic (exact) mass is 452 g/mol. The molecule has 0 fully saturated rings. The molecule has 0 heterocycles. The Morgan fingerprint density at radius 2 is 1.14 bits per heavy atom. The smallest absolute Gasteiger partial charge is 0.0768 e. The molecule has 2 unspecified atom stereocenters. The fourth-order valence-electron chi connectivity index (χ4n) is 5.63. The van der Waals surface area contributed by atoms with Crippen LogP contribution in [-0.4, -0.2) is 10.7 Å². The highest BCUT2D eigenvalue weighted by Crippen LogP contribution is 2.41. The van der Waals surface area contributed by atoms with Gasteiger partial charge in [-0.1, -0.05) is 127 Å². The lowest BCUT2D eigenvalue weighted by molar-refractivity contribution is 0.0436. The fraction of sp³-hybridized carbons (Fsp3) is 0.118. The Hall–Kier alpha value is -3.94. The molecule has 170 valence electrons. The minimum absolute atomic E-state index is 0.190. The van der Waals surface area contributed by atoms with Crippen molar-refractivity contribution in [3.63, 3.8) is 0 Å². The van der Waals surface area contributed by atoms with Crippen molar-refractivity contribution in [1.29, 1.82) is 0 Å². The third-order valence-corrected chi connectivity index (χ3v) is 7.24. The van der Waals surface area contributed by atoms with Crippen molar-refractivity contribution < 1.29 is 5.11 Å². The maximum atomic E-state index is 12.2. The topological polar surface area (TPSA) is 20.2 Å². The van der Waals surface area contributed by atoms with Crippen LogP contribution in [0.25, 0.3) is 32.3 Å². The van der Waals surface area contributed by atoms with Gasteiger partial charge in [-0.15, -0.1) is 0 Å². The largest absolute Gasteiger partial charge is 0.389 e. The van der Waals surface area contributed by atoms with E-state index in [0.717, 1.165) is 16.7 Å². The molecule has 0 aliphatic carbocycles. The molecule has 6 aromatic rings. The third kappa shape index (κ3) is 4.09. The highest BCUT2D eigenvalue weighted by Gasteiger charge is 2.35. The lowest BCUT2D eigenvalue weighted by atomic mass is 9.73. The highest BCUT2D eigenvalue weighted by atomic mass is 16.3.